The lowest BCUT2D eigenvalue weighted by atomic mass is 9.88. The Morgan fingerprint density at radius 3 is 2.53 bits per heavy atom. The first-order chi connectivity index (χ1) is 6.88. The third-order valence-electron chi connectivity index (χ3n) is 3.28. The Balaban J connectivity index is 0.00000112. The van der Waals surface area contributed by atoms with Crippen molar-refractivity contribution >= 4 is 12.4 Å². The molecule has 1 nitrogen and oxygen atoms in total. The average Bonchev–Trinajstić information content (AvgIpc) is 2.30. The SMILES string of the molecule is CC(c1ccccc1)C1CCCCN1.Cl. The van der Waals surface area contributed by atoms with Gasteiger partial charge in [0.15, 0.2) is 0 Å². The van der Waals surface area contributed by atoms with Gasteiger partial charge in [-0.2, -0.15) is 0 Å². The van der Waals surface area contributed by atoms with Crippen molar-refractivity contribution in [2.24, 2.45) is 0 Å². The minimum absolute atomic E-state index is 0. The fourth-order valence-electron chi connectivity index (χ4n) is 2.29. The van der Waals surface area contributed by atoms with Crippen LogP contribution < -0.4 is 5.32 Å². The summed E-state index contributed by atoms with van der Waals surface area (Å²) in [5, 5.41) is 3.62. The molecule has 1 aromatic carbocycles. The standard InChI is InChI=1S/C13H19N.ClH/c1-11(12-7-3-2-4-8-12)13-9-5-6-10-14-13;/h2-4,7-8,11,13-14H,5-6,9-10H2,1H3;1H. The Kier molecular flexibility index (Phi) is 5.13. The van der Waals surface area contributed by atoms with E-state index in [9.17, 15) is 0 Å². The fourth-order valence-corrected chi connectivity index (χ4v) is 2.29. The molecule has 0 amide bonds. The van der Waals surface area contributed by atoms with Crippen LogP contribution in [0.15, 0.2) is 30.3 Å². The van der Waals surface area contributed by atoms with Crippen LogP contribution in [0.1, 0.15) is 37.7 Å². The van der Waals surface area contributed by atoms with E-state index < -0.39 is 0 Å². The van der Waals surface area contributed by atoms with Crippen molar-refractivity contribution in [3.05, 3.63) is 35.9 Å². The Labute approximate surface area is 98.7 Å². The van der Waals surface area contributed by atoms with Crippen molar-refractivity contribution in [2.75, 3.05) is 6.54 Å². The van der Waals surface area contributed by atoms with Gasteiger partial charge in [-0.1, -0.05) is 43.7 Å². The van der Waals surface area contributed by atoms with Gasteiger partial charge in [0.05, 0.1) is 0 Å². The second-order valence-corrected chi connectivity index (χ2v) is 4.26. The highest BCUT2D eigenvalue weighted by Crippen LogP contribution is 2.24. The van der Waals surface area contributed by atoms with E-state index in [4.69, 9.17) is 0 Å². The van der Waals surface area contributed by atoms with Crippen molar-refractivity contribution in [3.63, 3.8) is 0 Å². The monoisotopic (exact) mass is 225 g/mol. The van der Waals surface area contributed by atoms with Gasteiger partial charge < -0.3 is 5.32 Å². The second kappa shape index (κ2) is 6.14. The molecule has 2 heteroatoms. The molecule has 1 aliphatic heterocycles. The minimum Gasteiger partial charge on any atom is -0.313 e. The van der Waals surface area contributed by atoms with E-state index in [0.717, 1.165) is 0 Å². The number of hydrogen-bond donors (Lipinski definition) is 1. The zero-order chi connectivity index (χ0) is 9.80. The van der Waals surface area contributed by atoms with Crippen LogP contribution in [0.5, 0.6) is 0 Å². The maximum atomic E-state index is 3.62. The molecule has 2 unspecified atom stereocenters. The molecule has 1 aliphatic rings. The number of nitrogens with one attached hydrogen (secondary N) is 1. The molecule has 0 radical (unpaired) electrons. The van der Waals surface area contributed by atoms with Gasteiger partial charge >= 0.3 is 0 Å². The summed E-state index contributed by atoms with van der Waals surface area (Å²) in [4.78, 5) is 0. The fraction of sp³-hybridized carbons (Fsp3) is 0.538. The van der Waals surface area contributed by atoms with Crippen LogP contribution in [0, 0.1) is 0 Å². The zero-order valence-corrected chi connectivity index (χ0v) is 10.1. The van der Waals surface area contributed by atoms with Crippen molar-refractivity contribution in [3.8, 4) is 0 Å². The van der Waals surface area contributed by atoms with E-state index in [1.807, 2.05) is 0 Å². The molecule has 0 spiro atoms. The molecule has 1 aromatic rings. The summed E-state index contributed by atoms with van der Waals surface area (Å²) >= 11 is 0. The maximum Gasteiger partial charge on any atom is 0.0133 e. The van der Waals surface area contributed by atoms with E-state index in [1.165, 1.54) is 31.4 Å². The molecule has 0 bridgehead atoms. The Bertz CT molecular complexity index is 267. The summed E-state index contributed by atoms with van der Waals surface area (Å²) in [5.74, 6) is 0.650. The molecule has 84 valence electrons. The van der Waals surface area contributed by atoms with Gasteiger partial charge in [0.25, 0.3) is 0 Å². The summed E-state index contributed by atoms with van der Waals surface area (Å²) in [6.45, 7) is 3.53. The number of piperidine rings is 1. The topological polar surface area (TPSA) is 12.0 Å². The van der Waals surface area contributed by atoms with Crippen LogP contribution in [0.25, 0.3) is 0 Å². The highest BCUT2D eigenvalue weighted by Gasteiger charge is 2.20. The summed E-state index contributed by atoms with van der Waals surface area (Å²) < 4.78 is 0. The van der Waals surface area contributed by atoms with E-state index in [1.54, 1.807) is 0 Å². The van der Waals surface area contributed by atoms with Gasteiger partial charge in [-0.25, -0.2) is 0 Å². The first kappa shape index (κ1) is 12.5. The molecular weight excluding hydrogens is 206 g/mol. The minimum atomic E-state index is 0. The Morgan fingerprint density at radius 1 is 1.20 bits per heavy atom. The zero-order valence-electron chi connectivity index (χ0n) is 9.28. The summed E-state index contributed by atoms with van der Waals surface area (Å²) in [6.07, 6.45) is 4.06. The van der Waals surface area contributed by atoms with E-state index in [0.29, 0.717) is 12.0 Å². The molecule has 1 N–H and O–H groups in total. The van der Waals surface area contributed by atoms with Crippen LogP contribution in [0.4, 0.5) is 0 Å². The van der Waals surface area contributed by atoms with Gasteiger partial charge in [-0.15, -0.1) is 12.4 Å². The number of benzene rings is 1. The lowest BCUT2D eigenvalue weighted by Crippen LogP contribution is -2.37. The molecule has 1 fully saturated rings. The molecule has 2 rings (SSSR count). The quantitative estimate of drug-likeness (QED) is 0.814. The number of halogens is 1. The van der Waals surface area contributed by atoms with E-state index >= 15 is 0 Å². The molecular formula is C13H20ClN. The van der Waals surface area contributed by atoms with Crippen LogP contribution in [0.3, 0.4) is 0 Å². The highest BCUT2D eigenvalue weighted by atomic mass is 35.5. The van der Waals surface area contributed by atoms with Crippen molar-refractivity contribution in [1.82, 2.24) is 5.32 Å². The number of hydrogen-bond acceptors (Lipinski definition) is 1. The first-order valence-corrected chi connectivity index (χ1v) is 5.66. The van der Waals surface area contributed by atoms with Crippen LogP contribution in [-0.2, 0) is 0 Å². The van der Waals surface area contributed by atoms with Gasteiger partial charge in [-0.3, -0.25) is 0 Å². The molecule has 0 saturated carbocycles. The van der Waals surface area contributed by atoms with Crippen molar-refractivity contribution in [2.45, 2.75) is 38.1 Å². The Morgan fingerprint density at radius 2 is 1.93 bits per heavy atom. The average molecular weight is 226 g/mol. The van der Waals surface area contributed by atoms with Crippen LogP contribution >= 0.6 is 12.4 Å². The maximum absolute atomic E-state index is 3.62. The van der Waals surface area contributed by atoms with Gasteiger partial charge in [0, 0.05) is 6.04 Å². The number of rotatable bonds is 2. The van der Waals surface area contributed by atoms with Gasteiger partial charge in [0.2, 0.25) is 0 Å². The third kappa shape index (κ3) is 3.22. The Hall–Kier alpha value is -0.530. The molecule has 2 atom stereocenters. The third-order valence-corrected chi connectivity index (χ3v) is 3.28. The first-order valence-electron chi connectivity index (χ1n) is 5.66. The molecule has 15 heavy (non-hydrogen) atoms. The van der Waals surface area contributed by atoms with Crippen LogP contribution in [-0.4, -0.2) is 12.6 Å². The molecule has 0 aromatic heterocycles. The molecule has 1 heterocycles. The predicted molar refractivity (Wildman–Crippen MR) is 67.7 cm³/mol. The largest absolute Gasteiger partial charge is 0.313 e. The lowest BCUT2D eigenvalue weighted by molar-refractivity contribution is 0.361. The molecule has 0 aliphatic carbocycles. The summed E-state index contributed by atoms with van der Waals surface area (Å²) in [5.41, 5.74) is 1.46. The van der Waals surface area contributed by atoms with E-state index in [2.05, 4.69) is 42.6 Å². The smallest absolute Gasteiger partial charge is 0.0133 e. The van der Waals surface area contributed by atoms with E-state index in [-0.39, 0.29) is 12.4 Å². The van der Waals surface area contributed by atoms with Crippen LogP contribution in [0.2, 0.25) is 0 Å². The van der Waals surface area contributed by atoms with Gasteiger partial charge in [0.1, 0.15) is 0 Å². The second-order valence-electron chi connectivity index (χ2n) is 4.26. The van der Waals surface area contributed by atoms with Gasteiger partial charge in [-0.05, 0) is 30.9 Å². The van der Waals surface area contributed by atoms with Crippen molar-refractivity contribution in [1.29, 1.82) is 0 Å². The predicted octanol–water partition coefficient (Wildman–Crippen LogP) is 3.35. The van der Waals surface area contributed by atoms with Crippen molar-refractivity contribution < 1.29 is 0 Å². The summed E-state index contributed by atoms with van der Waals surface area (Å²) in [7, 11) is 0. The molecule has 1 saturated heterocycles. The summed E-state index contributed by atoms with van der Waals surface area (Å²) in [6, 6.07) is 11.5. The highest BCUT2D eigenvalue weighted by molar-refractivity contribution is 5.85. The lowest BCUT2D eigenvalue weighted by Gasteiger charge is -2.29. The normalized spacial score (nSPS) is 22.9.